The summed E-state index contributed by atoms with van der Waals surface area (Å²) in [6.07, 6.45) is 2.15. The number of thiazole rings is 1. The summed E-state index contributed by atoms with van der Waals surface area (Å²) in [6.45, 7) is 21.1. The van der Waals surface area contributed by atoms with E-state index in [1.165, 1.54) is 10.3 Å². The largest absolute Gasteiger partial charge is 0.352 e. The van der Waals surface area contributed by atoms with Gasteiger partial charge in [0.15, 0.2) is 0 Å². The highest BCUT2D eigenvalue weighted by Crippen LogP contribution is 2.26. The van der Waals surface area contributed by atoms with E-state index in [9.17, 15) is 4.79 Å². The minimum atomic E-state index is 0.0615. The van der Waals surface area contributed by atoms with Gasteiger partial charge in [-0.2, -0.15) is 0 Å². The Morgan fingerprint density at radius 1 is 1.10 bits per heavy atom. The van der Waals surface area contributed by atoms with E-state index < -0.39 is 0 Å². The second-order valence-corrected chi connectivity index (χ2v) is 7.90. The Morgan fingerprint density at radius 2 is 1.70 bits per heavy atom. The highest BCUT2D eigenvalue weighted by Gasteiger charge is 2.17. The fourth-order valence-electron chi connectivity index (χ4n) is 2.67. The maximum atomic E-state index is 12.2. The van der Waals surface area contributed by atoms with Gasteiger partial charge in [-0.3, -0.25) is 4.79 Å². The minimum absolute atomic E-state index is 0.0615. The van der Waals surface area contributed by atoms with Gasteiger partial charge in [-0.15, -0.1) is 11.3 Å². The number of nitrogens with one attached hydrogen (secondary N) is 1. The monoisotopic (exact) mass is 437 g/mol. The third-order valence-electron chi connectivity index (χ3n) is 4.62. The van der Waals surface area contributed by atoms with E-state index in [4.69, 9.17) is 5.73 Å². The minimum Gasteiger partial charge on any atom is -0.352 e. The first-order chi connectivity index (χ1) is 14.4. The zero-order valence-electron chi connectivity index (χ0n) is 21.1. The van der Waals surface area contributed by atoms with Crippen molar-refractivity contribution in [1.82, 2.24) is 10.3 Å². The van der Waals surface area contributed by atoms with Crippen molar-refractivity contribution in [2.24, 2.45) is 11.7 Å². The van der Waals surface area contributed by atoms with Gasteiger partial charge in [0, 0.05) is 25.4 Å². The molecule has 0 aliphatic rings. The van der Waals surface area contributed by atoms with Gasteiger partial charge in [-0.25, -0.2) is 4.98 Å². The molecule has 0 saturated carbocycles. The van der Waals surface area contributed by atoms with Crippen LogP contribution in [-0.2, 0) is 11.2 Å². The second kappa shape index (κ2) is 18.3. The van der Waals surface area contributed by atoms with E-state index in [1.54, 1.807) is 11.3 Å². The van der Waals surface area contributed by atoms with Crippen molar-refractivity contribution in [3.05, 3.63) is 28.8 Å². The van der Waals surface area contributed by atoms with Crippen LogP contribution in [0.2, 0.25) is 0 Å². The van der Waals surface area contributed by atoms with E-state index in [0.29, 0.717) is 31.2 Å². The van der Waals surface area contributed by atoms with Gasteiger partial charge < -0.3 is 11.1 Å². The third kappa shape index (κ3) is 10.5. The molecule has 2 aromatic rings. The SMILES string of the molecule is CC.CC.CC.CCC(C)C(CN)NC(=O)CCc1nc2ccc(C(C)C)cc2s1. The second-order valence-electron chi connectivity index (χ2n) is 6.78. The molecule has 4 nitrogen and oxygen atoms in total. The summed E-state index contributed by atoms with van der Waals surface area (Å²) in [7, 11) is 0. The molecule has 0 saturated heterocycles. The van der Waals surface area contributed by atoms with Crippen LogP contribution in [0.25, 0.3) is 10.2 Å². The molecule has 0 radical (unpaired) electrons. The lowest BCUT2D eigenvalue weighted by Gasteiger charge is -2.22. The number of carbonyl (C=O) groups is 1. The maximum absolute atomic E-state index is 12.2. The Morgan fingerprint density at radius 3 is 2.20 bits per heavy atom. The topological polar surface area (TPSA) is 68.0 Å². The lowest BCUT2D eigenvalue weighted by molar-refractivity contribution is -0.122. The lowest BCUT2D eigenvalue weighted by atomic mass is 9.99. The van der Waals surface area contributed by atoms with Crippen molar-refractivity contribution >= 4 is 27.5 Å². The van der Waals surface area contributed by atoms with Crippen LogP contribution in [0, 0.1) is 5.92 Å². The molecule has 3 N–H and O–H groups in total. The maximum Gasteiger partial charge on any atom is 0.220 e. The predicted molar refractivity (Wildman–Crippen MR) is 137 cm³/mol. The number of hydrogen-bond donors (Lipinski definition) is 2. The molecule has 0 aliphatic carbocycles. The summed E-state index contributed by atoms with van der Waals surface area (Å²) in [5.41, 5.74) is 8.12. The van der Waals surface area contributed by atoms with Gasteiger partial charge in [0.1, 0.15) is 0 Å². The molecule has 5 heteroatoms. The number of aromatic nitrogens is 1. The van der Waals surface area contributed by atoms with Crippen LogP contribution in [0.15, 0.2) is 18.2 Å². The van der Waals surface area contributed by atoms with Gasteiger partial charge in [0.05, 0.1) is 15.2 Å². The molecular weight excluding hydrogens is 390 g/mol. The van der Waals surface area contributed by atoms with Gasteiger partial charge in [0.25, 0.3) is 0 Å². The normalized spacial score (nSPS) is 11.9. The van der Waals surface area contributed by atoms with Crippen LogP contribution >= 0.6 is 11.3 Å². The Kier molecular flexibility index (Phi) is 18.8. The van der Waals surface area contributed by atoms with E-state index >= 15 is 0 Å². The number of amides is 1. The Balaban J connectivity index is 0. The molecule has 1 amide bonds. The van der Waals surface area contributed by atoms with Crippen LogP contribution in [0.4, 0.5) is 0 Å². The van der Waals surface area contributed by atoms with Crippen molar-refractivity contribution in [2.45, 2.75) is 100 Å². The zero-order chi connectivity index (χ0) is 23.7. The zero-order valence-corrected chi connectivity index (χ0v) is 22.0. The number of carbonyl (C=O) groups excluding carboxylic acids is 1. The summed E-state index contributed by atoms with van der Waals surface area (Å²) in [5.74, 6) is 0.975. The molecule has 0 bridgehead atoms. The molecule has 174 valence electrons. The molecule has 0 spiro atoms. The van der Waals surface area contributed by atoms with Crippen LogP contribution in [0.5, 0.6) is 0 Å². The summed E-state index contributed by atoms with van der Waals surface area (Å²) in [4.78, 5) is 16.8. The Hall–Kier alpha value is -1.46. The number of fused-ring (bicyclic) bond motifs is 1. The molecule has 2 atom stereocenters. The van der Waals surface area contributed by atoms with Crippen LogP contribution in [0.1, 0.15) is 98.6 Å². The quantitative estimate of drug-likeness (QED) is 0.471. The smallest absolute Gasteiger partial charge is 0.220 e. The molecule has 2 unspecified atom stereocenters. The first-order valence-electron chi connectivity index (χ1n) is 11.8. The fourth-order valence-corrected chi connectivity index (χ4v) is 3.69. The van der Waals surface area contributed by atoms with Crippen LogP contribution in [0.3, 0.4) is 0 Å². The molecule has 0 aliphatic heterocycles. The van der Waals surface area contributed by atoms with Crippen LogP contribution in [-0.4, -0.2) is 23.5 Å². The van der Waals surface area contributed by atoms with Crippen molar-refractivity contribution in [2.75, 3.05) is 6.54 Å². The van der Waals surface area contributed by atoms with E-state index in [1.807, 2.05) is 41.5 Å². The number of nitrogens with two attached hydrogens (primary N) is 1. The average Bonchev–Trinajstić information content (AvgIpc) is 3.21. The number of benzene rings is 1. The third-order valence-corrected chi connectivity index (χ3v) is 5.70. The average molecular weight is 438 g/mol. The fraction of sp³-hybridized carbons (Fsp3) is 0.680. The Labute approximate surface area is 190 Å². The predicted octanol–water partition coefficient (Wildman–Crippen LogP) is 6.92. The first kappa shape index (κ1) is 30.7. The van der Waals surface area contributed by atoms with Crippen molar-refractivity contribution < 1.29 is 4.79 Å². The van der Waals surface area contributed by atoms with Gasteiger partial charge in [0.2, 0.25) is 5.91 Å². The van der Waals surface area contributed by atoms with Crippen molar-refractivity contribution in [3.8, 4) is 0 Å². The molecule has 0 fully saturated rings. The molecule has 1 aromatic carbocycles. The van der Waals surface area contributed by atoms with Crippen molar-refractivity contribution in [1.29, 1.82) is 0 Å². The van der Waals surface area contributed by atoms with E-state index in [-0.39, 0.29) is 11.9 Å². The number of hydrogen-bond acceptors (Lipinski definition) is 4. The molecular formula is C25H47N3OS. The number of nitrogens with zero attached hydrogens (tertiary/aromatic N) is 1. The van der Waals surface area contributed by atoms with Gasteiger partial charge in [-0.05, 0) is 29.5 Å². The highest BCUT2D eigenvalue weighted by atomic mass is 32.1. The highest BCUT2D eigenvalue weighted by molar-refractivity contribution is 7.18. The first-order valence-corrected chi connectivity index (χ1v) is 12.6. The molecule has 1 heterocycles. The lowest BCUT2D eigenvalue weighted by Crippen LogP contribution is -2.44. The van der Waals surface area contributed by atoms with Gasteiger partial charge >= 0.3 is 0 Å². The molecule has 30 heavy (non-hydrogen) atoms. The molecule has 2 rings (SSSR count). The van der Waals surface area contributed by atoms with E-state index in [0.717, 1.165) is 16.9 Å². The standard InChI is InChI=1S/C19H29N3OS.3C2H6/c1-5-13(4)16(11-20)21-18(23)8-9-19-22-15-7-6-14(12(2)3)10-17(15)24-19;3*1-2/h6-7,10,12-13,16H,5,8-9,11,20H2,1-4H3,(H,21,23);3*1-2H3. The summed E-state index contributed by atoms with van der Waals surface area (Å²) < 4.78 is 1.20. The summed E-state index contributed by atoms with van der Waals surface area (Å²) >= 11 is 1.69. The Bertz CT molecular complexity index is 682. The summed E-state index contributed by atoms with van der Waals surface area (Å²) in [5, 5.41) is 4.08. The number of rotatable bonds is 8. The van der Waals surface area contributed by atoms with E-state index in [2.05, 4.69) is 56.2 Å². The van der Waals surface area contributed by atoms with Gasteiger partial charge in [-0.1, -0.05) is 81.7 Å². The summed E-state index contributed by atoms with van der Waals surface area (Å²) in [6, 6.07) is 6.50. The molecule has 1 aromatic heterocycles. The van der Waals surface area contributed by atoms with Crippen LogP contribution < -0.4 is 11.1 Å². The van der Waals surface area contributed by atoms with Crippen molar-refractivity contribution in [3.63, 3.8) is 0 Å². The number of aryl methyl sites for hydroxylation is 1.